The van der Waals surface area contributed by atoms with Crippen LogP contribution in [0.1, 0.15) is 78.6 Å². The van der Waals surface area contributed by atoms with Gasteiger partial charge >= 0.3 is 5.97 Å². The Labute approximate surface area is 199 Å². The van der Waals surface area contributed by atoms with E-state index >= 15 is 0 Å². The molecule has 33 heavy (non-hydrogen) atoms. The fraction of sp³-hybridized carbons (Fsp3) is 0.429. The van der Waals surface area contributed by atoms with E-state index in [2.05, 4.69) is 41.4 Å². The molecule has 0 saturated carbocycles. The Kier molecular flexibility index (Phi) is 16.9. The molecule has 0 aliphatic rings. The van der Waals surface area contributed by atoms with Crippen LogP contribution < -0.4 is 0 Å². The number of rotatable bonds is 11. The lowest BCUT2D eigenvalue weighted by molar-refractivity contribution is -0.147. The zero-order chi connectivity index (χ0) is 25.1. The molecule has 1 atom stereocenters. The molecule has 4 nitrogen and oxygen atoms in total. The number of esters is 1. The summed E-state index contributed by atoms with van der Waals surface area (Å²) in [7, 11) is 0. The number of hydrogen-bond donors (Lipinski definition) is 1. The van der Waals surface area contributed by atoms with Gasteiger partial charge in [0.1, 0.15) is 11.9 Å². The fourth-order valence-electron chi connectivity index (χ4n) is 2.74. The number of carbonyl (C=O) groups excluding carboxylic acids is 1. The Bertz CT molecular complexity index is 870. The van der Waals surface area contributed by atoms with Crippen LogP contribution in [-0.2, 0) is 9.53 Å². The van der Waals surface area contributed by atoms with Crippen molar-refractivity contribution >= 4 is 11.5 Å². The first kappa shape index (κ1) is 30.0. The average Bonchev–Trinajstić information content (AvgIpc) is 3.25. The standard InChI is InChI=1S/C15H23FO2.C13H18N2/c1-5-9-14(18-15(17)8-4)12(6-2)10-11-13(16)7-3;1-4-6-7-9-12(8-5-2)13-10-11(3)14-15-13/h6-7,10-11,14H,5,8-9H2,1-4H3;5-10H,4H2,1-3H3,(H,14,15)/b11-10-,12-6+,13-7+;7-6+,8-5-,12-9+. The molecule has 1 unspecified atom stereocenters. The summed E-state index contributed by atoms with van der Waals surface area (Å²) in [6.45, 7) is 13.4. The Balaban J connectivity index is 0.000000629. The number of allylic oxidation sites excluding steroid dienone is 10. The normalized spacial score (nSPS) is 14.1. The molecule has 1 rings (SSSR count). The van der Waals surface area contributed by atoms with Gasteiger partial charge in [-0.25, -0.2) is 4.39 Å². The highest BCUT2D eigenvalue weighted by molar-refractivity contribution is 5.73. The maximum Gasteiger partial charge on any atom is 0.306 e. The first-order chi connectivity index (χ1) is 15.9. The van der Waals surface area contributed by atoms with Gasteiger partial charge in [0.05, 0.1) is 5.69 Å². The highest BCUT2D eigenvalue weighted by Crippen LogP contribution is 2.17. The molecule has 182 valence electrons. The van der Waals surface area contributed by atoms with Gasteiger partial charge in [-0.2, -0.15) is 5.10 Å². The molecule has 0 aliphatic heterocycles. The molecule has 0 fully saturated rings. The number of aromatic amines is 1. The maximum atomic E-state index is 13.0. The van der Waals surface area contributed by atoms with Gasteiger partial charge in [-0.15, -0.1) is 0 Å². The molecule has 1 heterocycles. The summed E-state index contributed by atoms with van der Waals surface area (Å²) in [6, 6.07) is 2.05. The van der Waals surface area contributed by atoms with E-state index in [0.29, 0.717) is 6.42 Å². The van der Waals surface area contributed by atoms with Gasteiger partial charge in [0.15, 0.2) is 0 Å². The van der Waals surface area contributed by atoms with E-state index < -0.39 is 0 Å². The molecule has 5 heteroatoms. The second kappa shape index (κ2) is 18.6. The molecule has 0 bridgehead atoms. The number of carbonyl (C=O) groups is 1. The second-order valence-electron chi connectivity index (χ2n) is 7.31. The SMILES string of the molecule is C\C=C(F)/C=C\C(=C/C)C(CCC)OC(=O)CC.C\C=C/C(=C\C=C\CC)c1cc(C)[nH]n1. The molecule has 0 saturated heterocycles. The van der Waals surface area contributed by atoms with Gasteiger partial charge in [-0.05, 0) is 58.3 Å². The minimum Gasteiger partial charge on any atom is -0.457 e. The lowest BCUT2D eigenvalue weighted by atomic mass is 10.0. The van der Waals surface area contributed by atoms with Crippen molar-refractivity contribution in [3.63, 3.8) is 0 Å². The third kappa shape index (κ3) is 13.3. The van der Waals surface area contributed by atoms with Crippen molar-refractivity contribution in [3.8, 4) is 0 Å². The molecule has 1 aromatic rings. The third-order valence-electron chi connectivity index (χ3n) is 4.52. The first-order valence-electron chi connectivity index (χ1n) is 11.7. The van der Waals surface area contributed by atoms with Gasteiger partial charge in [-0.3, -0.25) is 9.89 Å². The molecule has 1 N–H and O–H groups in total. The zero-order valence-corrected chi connectivity index (χ0v) is 21.3. The number of H-pyrrole nitrogens is 1. The summed E-state index contributed by atoms with van der Waals surface area (Å²) < 4.78 is 18.4. The van der Waals surface area contributed by atoms with Gasteiger partial charge in [0, 0.05) is 17.7 Å². The number of nitrogens with zero attached hydrogens (tertiary/aromatic N) is 1. The predicted octanol–water partition coefficient (Wildman–Crippen LogP) is 8.13. The molecule has 0 spiro atoms. The number of nitrogens with one attached hydrogen (secondary N) is 1. The highest BCUT2D eigenvalue weighted by Gasteiger charge is 2.15. The topological polar surface area (TPSA) is 55.0 Å². The molecule has 0 amide bonds. The zero-order valence-electron chi connectivity index (χ0n) is 21.3. The molecular formula is C28H41FN2O2. The van der Waals surface area contributed by atoms with Crippen LogP contribution in [0.5, 0.6) is 0 Å². The van der Waals surface area contributed by atoms with Crippen LogP contribution in [0.25, 0.3) is 5.57 Å². The Morgan fingerprint density at radius 1 is 1.15 bits per heavy atom. The van der Waals surface area contributed by atoms with E-state index in [4.69, 9.17) is 4.74 Å². The van der Waals surface area contributed by atoms with Crippen LogP contribution in [0, 0.1) is 6.92 Å². The van der Waals surface area contributed by atoms with Gasteiger partial charge in [0.25, 0.3) is 0 Å². The predicted molar refractivity (Wildman–Crippen MR) is 138 cm³/mol. The van der Waals surface area contributed by atoms with Crippen LogP contribution in [0.3, 0.4) is 0 Å². The van der Waals surface area contributed by atoms with Gasteiger partial charge < -0.3 is 4.74 Å². The van der Waals surface area contributed by atoms with Crippen molar-refractivity contribution in [1.82, 2.24) is 10.2 Å². The Morgan fingerprint density at radius 2 is 1.88 bits per heavy atom. The average molecular weight is 457 g/mol. The first-order valence-corrected chi connectivity index (χ1v) is 11.7. The van der Waals surface area contributed by atoms with E-state index in [9.17, 15) is 9.18 Å². The van der Waals surface area contributed by atoms with Crippen molar-refractivity contribution in [2.75, 3.05) is 0 Å². The van der Waals surface area contributed by atoms with E-state index in [1.807, 2.05) is 45.9 Å². The van der Waals surface area contributed by atoms with E-state index in [1.165, 1.54) is 12.2 Å². The van der Waals surface area contributed by atoms with E-state index in [0.717, 1.165) is 41.8 Å². The number of aryl methyl sites for hydroxylation is 1. The smallest absolute Gasteiger partial charge is 0.306 e. The number of ether oxygens (including phenoxy) is 1. The summed E-state index contributed by atoms with van der Waals surface area (Å²) in [6.07, 6.45) is 19.4. The van der Waals surface area contributed by atoms with Crippen molar-refractivity contribution in [3.05, 3.63) is 83.5 Å². The van der Waals surface area contributed by atoms with Gasteiger partial charge in [0.2, 0.25) is 0 Å². The lowest BCUT2D eigenvalue weighted by Gasteiger charge is -2.18. The van der Waals surface area contributed by atoms with Crippen molar-refractivity contribution in [1.29, 1.82) is 0 Å². The summed E-state index contributed by atoms with van der Waals surface area (Å²) in [5.41, 5.74) is 4.04. The molecule has 1 aromatic heterocycles. The molecule has 0 radical (unpaired) electrons. The van der Waals surface area contributed by atoms with E-state index in [1.54, 1.807) is 19.9 Å². The number of halogens is 1. The lowest BCUT2D eigenvalue weighted by Crippen LogP contribution is -2.19. The fourth-order valence-corrected chi connectivity index (χ4v) is 2.74. The molecule has 0 aromatic carbocycles. The quantitative estimate of drug-likeness (QED) is 0.270. The van der Waals surface area contributed by atoms with E-state index in [-0.39, 0.29) is 17.9 Å². The molecule has 0 aliphatic carbocycles. The van der Waals surface area contributed by atoms with Crippen molar-refractivity contribution in [2.24, 2.45) is 0 Å². The summed E-state index contributed by atoms with van der Waals surface area (Å²) in [4.78, 5) is 11.4. The van der Waals surface area contributed by atoms with Crippen LogP contribution in [0.4, 0.5) is 4.39 Å². The van der Waals surface area contributed by atoms with Crippen LogP contribution in [0.15, 0.2) is 72.2 Å². The van der Waals surface area contributed by atoms with Crippen LogP contribution in [0.2, 0.25) is 0 Å². The van der Waals surface area contributed by atoms with Crippen molar-refractivity contribution in [2.45, 2.75) is 80.3 Å². The van der Waals surface area contributed by atoms with Crippen molar-refractivity contribution < 1.29 is 13.9 Å². The number of aromatic nitrogens is 2. The number of hydrogen-bond acceptors (Lipinski definition) is 3. The van der Waals surface area contributed by atoms with Crippen LogP contribution >= 0.6 is 0 Å². The monoisotopic (exact) mass is 456 g/mol. The third-order valence-corrected chi connectivity index (χ3v) is 4.52. The van der Waals surface area contributed by atoms with Crippen LogP contribution in [-0.4, -0.2) is 22.3 Å². The maximum absolute atomic E-state index is 13.0. The van der Waals surface area contributed by atoms with Gasteiger partial charge in [-0.1, -0.05) is 75.8 Å². The largest absolute Gasteiger partial charge is 0.457 e. The minimum absolute atomic E-state index is 0.229. The Hall–Kier alpha value is -2.95. The highest BCUT2D eigenvalue weighted by atomic mass is 19.1. The summed E-state index contributed by atoms with van der Waals surface area (Å²) in [5, 5.41) is 7.18. The second-order valence-corrected chi connectivity index (χ2v) is 7.31. The summed E-state index contributed by atoms with van der Waals surface area (Å²) >= 11 is 0. The minimum atomic E-state index is -0.300. The summed E-state index contributed by atoms with van der Waals surface area (Å²) in [5.74, 6) is -0.529. The Morgan fingerprint density at radius 3 is 2.36 bits per heavy atom. The molecular weight excluding hydrogens is 415 g/mol.